The number of halogens is 1. The summed E-state index contributed by atoms with van der Waals surface area (Å²) in [6.07, 6.45) is 8.39. The molecular formula is C21H25ClN4. The van der Waals surface area contributed by atoms with Crippen molar-refractivity contribution in [2.75, 3.05) is 0 Å². The number of terminal acetylenes is 1. The van der Waals surface area contributed by atoms with Crippen molar-refractivity contribution in [2.24, 2.45) is 4.99 Å². The Labute approximate surface area is 161 Å². The van der Waals surface area contributed by atoms with Crippen LogP contribution in [-0.2, 0) is 6.42 Å². The number of rotatable bonds is 6. The Bertz CT molecular complexity index is 809. The molecule has 0 spiro atoms. The summed E-state index contributed by atoms with van der Waals surface area (Å²) < 4.78 is 0. The standard InChI is InChI=1S/C21H25ClN4/c1-7-16-9-11-17(12-10-16)19-18(8-2)24-21(25-20(19)22)23-13-26(14(3)4)15(5)6/h2,9-15H,7H2,1,3-6H3. The molecule has 0 saturated heterocycles. The molecule has 0 saturated carbocycles. The molecule has 4 nitrogen and oxygen atoms in total. The Morgan fingerprint density at radius 1 is 1.15 bits per heavy atom. The van der Waals surface area contributed by atoms with E-state index in [4.69, 9.17) is 18.0 Å². The van der Waals surface area contributed by atoms with Crippen molar-refractivity contribution in [3.63, 3.8) is 0 Å². The van der Waals surface area contributed by atoms with Gasteiger partial charge in [0.05, 0.1) is 11.9 Å². The molecule has 136 valence electrons. The van der Waals surface area contributed by atoms with Crippen LogP contribution in [0.4, 0.5) is 5.95 Å². The van der Waals surface area contributed by atoms with Gasteiger partial charge in [-0.2, -0.15) is 4.98 Å². The Kier molecular flexibility index (Phi) is 6.76. The lowest BCUT2D eigenvalue weighted by Crippen LogP contribution is -2.35. The molecule has 0 aliphatic heterocycles. The molecule has 2 aromatic rings. The van der Waals surface area contributed by atoms with Crippen LogP contribution in [0, 0.1) is 12.3 Å². The fraction of sp³-hybridized carbons (Fsp3) is 0.381. The Hall–Kier alpha value is -2.38. The first-order valence-corrected chi connectivity index (χ1v) is 9.20. The maximum atomic E-state index is 6.43. The van der Waals surface area contributed by atoms with Crippen LogP contribution in [0.1, 0.15) is 45.9 Å². The van der Waals surface area contributed by atoms with E-state index in [1.165, 1.54) is 5.56 Å². The zero-order valence-electron chi connectivity index (χ0n) is 16.0. The van der Waals surface area contributed by atoms with E-state index < -0.39 is 0 Å². The van der Waals surface area contributed by atoms with Gasteiger partial charge in [-0.15, -0.1) is 6.42 Å². The van der Waals surface area contributed by atoms with E-state index in [0.717, 1.165) is 12.0 Å². The van der Waals surface area contributed by atoms with Crippen LogP contribution in [-0.4, -0.2) is 33.3 Å². The molecular weight excluding hydrogens is 344 g/mol. The first-order valence-electron chi connectivity index (χ1n) is 8.82. The smallest absolute Gasteiger partial charge is 0.253 e. The molecule has 2 rings (SSSR count). The average molecular weight is 369 g/mol. The molecule has 1 heterocycles. The van der Waals surface area contributed by atoms with E-state index in [-0.39, 0.29) is 5.95 Å². The summed E-state index contributed by atoms with van der Waals surface area (Å²) in [6, 6.07) is 8.73. The number of aromatic nitrogens is 2. The van der Waals surface area contributed by atoms with Crippen LogP contribution in [0.15, 0.2) is 29.3 Å². The number of hydrogen-bond donors (Lipinski definition) is 0. The minimum atomic E-state index is 0.267. The Morgan fingerprint density at radius 3 is 2.27 bits per heavy atom. The minimum absolute atomic E-state index is 0.267. The summed E-state index contributed by atoms with van der Waals surface area (Å²) in [7, 11) is 0. The zero-order chi connectivity index (χ0) is 19.3. The molecule has 0 atom stereocenters. The predicted molar refractivity (Wildman–Crippen MR) is 110 cm³/mol. The lowest BCUT2D eigenvalue weighted by Gasteiger charge is -2.27. The minimum Gasteiger partial charge on any atom is -0.358 e. The average Bonchev–Trinajstić information content (AvgIpc) is 2.61. The third-order valence-corrected chi connectivity index (χ3v) is 4.41. The SMILES string of the molecule is C#Cc1nc(N=CN(C(C)C)C(C)C)nc(Cl)c1-c1ccc(CC)cc1. The van der Waals surface area contributed by atoms with E-state index in [1.807, 2.05) is 12.1 Å². The molecule has 0 aliphatic rings. The molecule has 0 unspecified atom stereocenters. The van der Waals surface area contributed by atoms with Crippen molar-refractivity contribution in [2.45, 2.75) is 53.1 Å². The molecule has 1 aromatic carbocycles. The highest BCUT2D eigenvalue weighted by molar-refractivity contribution is 6.32. The number of hydrogen-bond acceptors (Lipinski definition) is 3. The lowest BCUT2D eigenvalue weighted by atomic mass is 10.0. The molecule has 5 heteroatoms. The summed E-state index contributed by atoms with van der Waals surface area (Å²) in [5, 5.41) is 0.310. The van der Waals surface area contributed by atoms with Gasteiger partial charge in [-0.3, -0.25) is 0 Å². The van der Waals surface area contributed by atoms with Crippen LogP contribution < -0.4 is 0 Å². The molecule has 1 aromatic heterocycles. The molecule has 0 fully saturated rings. The fourth-order valence-corrected chi connectivity index (χ4v) is 3.00. The van der Waals surface area contributed by atoms with E-state index in [0.29, 0.717) is 28.5 Å². The summed E-state index contributed by atoms with van der Waals surface area (Å²) in [4.78, 5) is 15.2. The van der Waals surface area contributed by atoms with E-state index in [2.05, 4.69) is 72.5 Å². The molecule has 0 aliphatic carbocycles. The number of aryl methyl sites for hydroxylation is 1. The highest BCUT2D eigenvalue weighted by Gasteiger charge is 2.14. The van der Waals surface area contributed by atoms with E-state index in [9.17, 15) is 0 Å². The quantitative estimate of drug-likeness (QED) is 0.307. The van der Waals surface area contributed by atoms with Crippen LogP contribution in [0.2, 0.25) is 5.15 Å². The molecule has 0 radical (unpaired) electrons. The summed E-state index contributed by atoms with van der Waals surface area (Å²) in [5.74, 6) is 2.88. The molecule has 0 bridgehead atoms. The first kappa shape index (κ1) is 19.9. The predicted octanol–water partition coefficient (Wildman–Crippen LogP) is 5.12. The maximum absolute atomic E-state index is 6.43. The van der Waals surface area contributed by atoms with Crippen molar-refractivity contribution < 1.29 is 0 Å². The van der Waals surface area contributed by atoms with Gasteiger partial charge in [-0.1, -0.05) is 42.8 Å². The van der Waals surface area contributed by atoms with Gasteiger partial charge in [0, 0.05) is 12.1 Å². The van der Waals surface area contributed by atoms with Gasteiger partial charge in [0.25, 0.3) is 5.95 Å². The summed E-state index contributed by atoms with van der Waals surface area (Å²) in [6.45, 7) is 10.5. The second-order valence-electron chi connectivity index (χ2n) is 6.61. The van der Waals surface area contributed by atoms with Crippen molar-refractivity contribution in [3.05, 3.63) is 40.7 Å². The number of aliphatic imine (C=N–C) groups is 1. The van der Waals surface area contributed by atoms with Crippen molar-refractivity contribution in [1.29, 1.82) is 0 Å². The number of benzene rings is 1. The third kappa shape index (κ3) is 4.62. The van der Waals surface area contributed by atoms with Crippen LogP contribution in [0.25, 0.3) is 11.1 Å². The largest absolute Gasteiger partial charge is 0.358 e. The summed E-state index contributed by atoms with van der Waals surface area (Å²) in [5.41, 5.74) is 3.26. The van der Waals surface area contributed by atoms with Crippen LogP contribution in [0.3, 0.4) is 0 Å². The van der Waals surface area contributed by atoms with Gasteiger partial charge in [0.2, 0.25) is 0 Å². The van der Waals surface area contributed by atoms with Gasteiger partial charge in [-0.05, 0) is 51.2 Å². The molecule has 0 N–H and O–H groups in total. The second-order valence-corrected chi connectivity index (χ2v) is 6.97. The molecule has 0 amide bonds. The van der Waals surface area contributed by atoms with E-state index >= 15 is 0 Å². The molecule has 26 heavy (non-hydrogen) atoms. The zero-order valence-corrected chi connectivity index (χ0v) is 16.7. The Balaban J connectivity index is 2.42. The van der Waals surface area contributed by atoms with Crippen molar-refractivity contribution >= 4 is 23.9 Å². The lowest BCUT2D eigenvalue weighted by molar-refractivity contribution is 0.301. The number of nitrogens with zero attached hydrogens (tertiary/aromatic N) is 4. The van der Waals surface area contributed by atoms with Gasteiger partial charge in [0.1, 0.15) is 10.8 Å². The van der Waals surface area contributed by atoms with Gasteiger partial charge < -0.3 is 4.90 Å². The van der Waals surface area contributed by atoms with Crippen molar-refractivity contribution in [1.82, 2.24) is 14.9 Å². The second kappa shape index (κ2) is 8.82. The maximum Gasteiger partial charge on any atom is 0.253 e. The van der Waals surface area contributed by atoms with Gasteiger partial charge in [0.15, 0.2) is 0 Å². The fourth-order valence-electron chi connectivity index (χ4n) is 2.73. The topological polar surface area (TPSA) is 41.4 Å². The van der Waals surface area contributed by atoms with Crippen molar-refractivity contribution in [3.8, 4) is 23.5 Å². The normalized spacial score (nSPS) is 11.3. The highest BCUT2D eigenvalue weighted by atomic mass is 35.5. The van der Waals surface area contributed by atoms with Gasteiger partial charge in [-0.25, -0.2) is 9.98 Å². The van der Waals surface area contributed by atoms with Gasteiger partial charge >= 0.3 is 0 Å². The first-order chi connectivity index (χ1) is 12.4. The van der Waals surface area contributed by atoms with E-state index in [1.54, 1.807) is 6.34 Å². The van der Waals surface area contributed by atoms with Crippen LogP contribution >= 0.6 is 11.6 Å². The Morgan fingerprint density at radius 2 is 1.77 bits per heavy atom. The van der Waals surface area contributed by atoms with Crippen LogP contribution in [0.5, 0.6) is 0 Å². The third-order valence-electron chi connectivity index (χ3n) is 4.14. The summed E-state index contributed by atoms with van der Waals surface area (Å²) >= 11 is 6.43. The highest BCUT2D eigenvalue weighted by Crippen LogP contribution is 2.30. The monoisotopic (exact) mass is 368 g/mol.